The first kappa shape index (κ1) is 18.9. The minimum Gasteiger partial charge on any atom is -0.394 e. The summed E-state index contributed by atoms with van der Waals surface area (Å²) in [5.41, 5.74) is 1.82. The number of rotatable bonds is 5. The van der Waals surface area contributed by atoms with Crippen LogP contribution in [0.25, 0.3) is 22.6 Å². The Hall–Kier alpha value is -2.83. The SMILES string of the molecule is CC(CO)NC(=O)c1cc(-c2ccc(Cl)cc2)nc(-c2cccc(F)c2)n1. The fraction of sp³-hybridized carbons (Fsp3) is 0.150. The van der Waals surface area contributed by atoms with E-state index >= 15 is 0 Å². The third kappa shape index (κ3) is 4.67. The van der Waals surface area contributed by atoms with E-state index in [0.717, 1.165) is 5.56 Å². The van der Waals surface area contributed by atoms with Gasteiger partial charge in [-0.3, -0.25) is 4.79 Å². The number of carbonyl (C=O) groups is 1. The van der Waals surface area contributed by atoms with E-state index in [1.807, 2.05) is 0 Å². The minimum atomic E-state index is -0.452. The van der Waals surface area contributed by atoms with Gasteiger partial charge in [-0.1, -0.05) is 35.9 Å². The number of carbonyl (C=O) groups excluding carboxylic acids is 1. The molecule has 138 valence electrons. The lowest BCUT2D eigenvalue weighted by Gasteiger charge is -2.12. The third-order valence-corrected chi connectivity index (χ3v) is 4.08. The summed E-state index contributed by atoms with van der Waals surface area (Å²) in [6.45, 7) is 1.48. The molecule has 2 aromatic carbocycles. The highest BCUT2D eigenvalue weighted by molar-refractivity contribution is 6.30. The molecule has 1 heterocycles. The average molecular weight is 386 g/mol. The molecule has 0 fully saturated rings. The van der Waals surface area contributed by atoms with Crippen molar-refractivity contribution in [2.75, 3.05) is 6.61 Å². The maximum Gasteiger partial charge on any atom is 0.270 e. The Morgan fingerprint density at radius 3 is 2.56 bits per heavy atom. The number of nitrogens with one attached hydrogen (secondary N) is 1. The Bertz CT molecular complexity index is 964. The molecule has 0 saturated carbocycles. The van der Waals surface area contributed by atoms with Gasteiger partial charge >= 0.3 is 0 Å². The van der Waals surface area contributed by atoms with Crippen molar-refractivity contribution in [2.45, 2.75) is 13.0 Å². The highest BCUT2D eigenvalue weighted by Crippen LogP contribution is 2.24. The lowest BCUT2D eigenvalue weighted by atomic mass is 10.1. The maximum atomic E-state index is 13.6. The second-order valence-electron chi connectivity index (χ2n) is 6.04. The molecule has 1 aromatic heterocycles. The van der Waals surface area contributed by atoms with Crippen LogP contribution in [0.15, 0.2) is 54.6 Å². The molecule has 7 heteroatoms. The summed E-state index contributed by atoms with van der Waals surface area (Å²) in [4.78, 5) is 21.2. The molecule has 1 unspecified atom stereocenters. The summed E-state index contributed by atoms with van der Waals surface area (Å²) < 4.78 is 13.6. The van der Waals surface area contributed by atoms with E-state index in [0.29, 0.717) is 16.3 Å². The number of halogens is 2. The lowest BCUT2D eigenvalue weighted by molar-refractivity contribution is 0.0917. The Morgan fingerprint density at radius 2 is 1.89 bits per heavy atom. The van der Waals surface area contributed by atoms with Gasteiger partial charge < -0.3 is 10.4 Å². The molecule has 0 radical (unpaired) electrons. The lowest BCUT2D eigenvalue weighted by Crippen LogP contribution is -2.35. The number of nitrogens with zero attached hydrogens (tertiary/aromatic N) is 2. The molecule has 1 amide bonds. The van der Waals surface area contributed by atoms with E-state index < -0.39 is 17.8 Å². The Morgan fingerprint density at radius 1 is 1.15 bits per heavy atom. The summed E-state index contributed by atoms with van der Waals surface area (Å²) in [6, 6.07) is 14.0. The number of aliphatic hydroxyl groups excluding tert-OH is 1. The minimum absolute atomic E-state index is 0.120. The van der Waals surface area contributed by atoms with Gasteiger partial charge in [0, 0.05) is 22.2 Å². The van der Waals surface area contributed by atoms with Gasteiger partial charge in [0.2, 0.25) is 0 Å². The van der Waals surface area contributed by atoms with Crippen molar-refractivity contribution in [1.82, 2.24) is 15.3 Å². The maximum absolute atomic E-state index is 13.6. The van der Waals surface area contributed by atoms with Crippen LogP contribution in [0.1, 0.15) is 17.4 Å². The number of amides is 1. The Labute approximate surface area is 160 Å². The molecule has 0 bridgehead atoms. The highest BCUT2D eigenvalue weighted by atomic mass is 35.5. The van der Waals surface area contributed by atoms with Crippen molar-refractivity contribution in [3.8, 4) is 22.6 Å². The fourth-order valence-electron chi connectivity index (χ4n) is 2.43. The topological polar surface area (TPSA) is 75.1 Å². The molecule has 3 rings (SSSR count). The van der Waals surface area contributed by atoms with E-state index in [1.165, 1.54) is 12.1 Å². The molecule has 2 N–H and O–H groups in total. The van der Waals surface area contributed by atoms with Gasteiger partial charge in [-0.15, -0.1) is 0 Å². The van der Waals surface area contributed by atoms with Gasteiger partial charge in [0.05, 0.1) is 12.3 Å². The largest absolute Gasteiger partial charge is 0.394 e. The molecule has 0 aliphatic carbocycles. The zero-order chi connectivity index (χ0) is 19.4. The van der Waals surface area contributed by atoms with Crippen LogP contribution in [0.3, 0.4) is 0 Å². The van der Waals surface area contributed by atoms with Crippen LogP contribution in [0.2, 0.25) is 5.02 Å². The highest BCUT2D eigenvalue weighted by Gasteiger charge is 2.16. The van der Waals surface area contributed by atoms with E-state index in [9.17, 15) is 9.18 Å². The molecule has 0 aliphatic heterocycles. The standard InChI is InChI=1S/C20H17ClFN3O2/c1-12(11-26)23-20(27)18-10-17(13-5-7-15(21)8-6-13)24-19(25-18)14-3-2-4-16(22)9-14/h2-10,12,26H,11H2,1H3,(H,23,27). The number of benzene rings is 2. The first-order valence-corrected chi connectivity index (χ1v) is 8.67. The number of aromatic nitrogens is 2. The van der Waals surface area contributed by atoms with E-state index in [2.05, 4.69) is 15.3 Å². The van der Waals surface area contributed by atoms with Gasteiger partial charge in [-0.05, 0) is 37.3 Å². The van der Waals surface area contributed by atoms with Crippen LogP contribution in [0.4, 0.5) is 4.39 Å². The zero-order valence-corrected chi connectivity index (χ0v) is 15.2. The quantitative estimate of drug-likeness (QED) is 0.702. The Kier molecular flexibility index (Phi) is 5.78. The van der Waals surface area contributed by atoms with Gasteiger partial charge in [-0.2, -0.15) is 0 Å². The number of hydrogen-bond acceptors (Lipinski definition) is 4. The summed E-state index contributed by atoms with van der Waals surface area (Å²) in [5.74, 6) is -0.650. The monoisotopic (exact) mass is 385 g/mol. The van der Waals surface area contributed by atoms with Gasteiger partial charge in [0.25, 0.3) is 5.91 Å². The van der Waals surface area contributed by atoms with E-state index in [-0.39, 0.29) is 18.1 Å². The smallest absolute Gasteiger partial charge is 0.270 e. The molecule has 0 saturated heterocycles. The number of hydrogen-bond donors (Lipinski definition) is 2. The molecule has 0 spiro atoms. The van der Waals surface area contributed by atoms with Crippen molar-refractivity contribution in [2.24, 2.45) is 0 Å². The van der Waals surface area contributed by atoms with Gasteiger partial charge in [0.15, 0.2) is 5.82 Å². The van der Waals surface area contributed by atoms with Gasteiger partial charge in [-0.25, -0.2) is 14.4 Å². The van der Waals surface area contributed by atoms with Crippen molar-refractivity contribution in [3.05, 3.63) is 71.1 Å². The van der Waals surface area contributed by atoms with Crippen LogP contribution in [-0.2, 0) is 0 Å². The molecule has 27 heavy (non-hydrogen) atoms. The van der Waals surface area contributed by atoms with Crippen LogP contribution in [-0.4, -0.2) is 33.6 Å². The second kappa shape index (κ2) is 8.24. The summed E-state index contributed by atoms with van der Waals surface area (Å²) in [7, 11) is 0. The van der Waals surface area contributed by atoms with Crippen LogP contribution >= 0.6 is 11.6 Å². The molecular formula is C20H17ClFN3O2. The second-order valence-corrected chi connectivity index (χ2v) is 6.47. The first-order chi connectivity index (χ1) is 13.0. The molecule has 0 aliphatic rings. The molecule has 5 nitrogen and oxygen atoms in total. The summed E-state index contributed by atoms with van der Waals surface area (Å²) in [6.07, 6.45) is 0. The summed E-state index contributed by atoms with van der Waals surface area (Å²) >= 11 is 5.94. The predicted molar refractivity (Wildman–Crippen MR) is 102 cm³/mol. The van der Waals surface area contributed by atoms with E-state index in [1.54, 1.807) is 49.4 Å². The average Bonchev–Trinajstić information content (AvgIpc) is 2.68. The van der Waals surface area contributed by atoms with Crippen molar-refractivity contribution in [3.63, 3.8) is 0 Å². The predicted octanol–water partition coefficient (Wildman–Crippen LogP) is 3.71. The Balaban J connectivity index is 2.10. The van der Waals surface area contributed by atoms with Crippen molar-refractivity contribution >= 4 is 17.5 Å². The first-order valence-electron chi connectivity index (χ1n) is 8.29. The third-order valence-electron chi connectivity index (χ3n) is 3.83. The molecule has 1 atom stereocenters. The molecular weight excluding hydrogens is 369 g/mol. The fourth-order valence-corrected chi connectivity index (χ4v) is 2.56. The van der Waals surface area contributed by atoms with Crippen LogP contribution < -0.4 is 5.32 Å². The van der Waals surface area contributed by atoms with Crippen LogP contribution in [0.5, 0.6) is 0 Å². The van der Waals surface area contributed by atoms with E-state index in [4.69, 9.17) is 16.7 Å². The molecule has 3 aromatic rings. The van der Waals surface area contributed by atoms with Crippen LogP contribution in [0, 0.1) is 5.82 Å². The zero-order valence-electron chi connectivity index (χ0n) is 14.5. The van der Waals surface area contributed by atoms with Crippen molar-refractivity contribution < 1.29 is 14.3 Å². The normalized spacial score (nSPS) is 11.9. The van der Waals surface area contributed by atoms with Crippen molar-refractivity contribution in [1.29, 1.82) is 0 Å². The summed E-state index contributed by atoms with van der Waals surface area (Å²) in [5, 5.41) is 12.4. The van der Waals surface area contributed by atoms with Gasteiger partial charge in [0.1, 0.15) is 11.5 Å². The number of aliphatic hydroxyl groups is 1.